The highest BCUT2D eigenvalue weighted by Gasteiger charge is 2.40. The molecule has 4 amide bonds. The van der Waals surface area contributed by atoms with E-state index in [0.29, 0.717) is 11.1 Å². The first-order valence-corrected chi connectivity index (χ1v) is 10.5. The number of hydrogen-bond donors (Lipinski definition) is 2. The molecule has 7 nitrogen and oxygen atoms in total. The third-order valence-corrected chi connectivity index (χ3v) is 5.91. The van der Waals surface area contributed by atoms with Gasteiger partial charge in [0.15, 0.2) is 0 Å². The molecule has 2 atom stereocenters. The van der Waals surface area contributed by atoms with Crippen molar-refractivity contribution in [1.29, 1.82) is 0 Å². The predicted molar refractivity (Wildman–Crippen MR) is 114 cm³/mol. The van der Waals surface area contributed by atoms with Crippen molar-refractivity contribution in [1.82, 2.24) is 15.5 Å². The number of carbonyl (C=O) groups excluding carboxylic acids is 4. The van der Waals surface area contributed by atoms with Crippen molar-refractivity contribution in [3.63, 3.8) is 0 Å². The quantitative estimate of drug-likeness (QED) is 0.518. The Bertz CT molecular complexity index is 1190. The number of fused-ring (bicyclic) bond motifs is 1. The Morgan fingerprint density at radius 3 is 2.47 bits per heavy atom. The van der Waals surface area contributed by atoms with Gasteiger partial charge < -0.3 is 10.2 Å². The predicted octanol–water partition coefficient (Wildman–Crippen LogP) is 3.04. The van der Waals surface area contributed by atoms with Gasteiger partial charge in [-0.3, -0.25) is 24.5 Å². The van der Waals surface area contributed by atoms with E-state index in [1.165, 1.54) is 35.2 Å². The molecule has 0 aliphatic carbocycles. The van der Waals surface area contributed by atoms with Gasteiger partial charge in [0.05, 0.1) is 11.6 Å². The third kappa shape index (κ3) is 4.43. The molecule has 4 rings (SSSR count). The Hall–Kier alpha value is -3.95. The number of imide groups is 1. The fourth-order valence-electron chi connectivity index (χ4n) is 4.11. The molecule has 2 aliphatic heterocycles. The van der Waals surface area contributed by atoms with Gasteiger partial charge in [0.2, 0.25) is 11.8 Å². The van der Waals surface area contributed by atoms with E-state index in [4.69, 9.17) is 0 Å². The van der Waals surface area contributed by atoms with E-state index < -0.39 is 47.5 Å². The molecule has 2 aromatic rings. The maximum Gasteiger partial charge on any atom is 0.414 e. The number of benzene rings is 2. The van der Waals surface area contributed by atoms with E-state index in [2.05, 4.69) is 17.2 Å². The molecule has 0 saturated carbocycles. The zero-order valence-corrected chi connectivity index (χ0v) is 17.8. The van der Waals surface area contributed by atoms with Crippen LogP contribution in [-0.2, 0) is 16.1 Å². The fraction of sp³-hybridized carbons (Fsp3) is 0.250. The maximum atomic E-state index is 13.4. The maximum absolute atomic E-state index is 13.4. The van der Waals surface area contributed by atoms with Crippen molar-refractivity contribution in [2.45, 2.75) is 37.6 Å². The van der Waals surface area contributed by atoms with Crippen LogP contribution in [0.1, 0.15) is 50.7 Å². The topological polar surface area (TPSA) is 95.6 Å². The molecule has 176 valence electrons. The van der Waals surface area contributed by atoms with Crippen molar-refractivity contribution in [2.75, 3.05) is 0 Å². The van der Waals surface area contributed by atoms with Gasteiger partial charge in [0.1, 0.15) is 6.04 Å². The number of amides is 4. The van der Waals surface area contributed by atoms with Crippen LogP contribution in [0.3, 0.4) is 0 Å². The summed E-state index contributed by atoms with van der Waals surface area (Å²) < 4.78 is 40.2. The Morgan fingerprint density at radius 2 is 1.82 bits per heavy atom. The molecule has 2 aromatic carbocycles. The van der Waals surface area contributed by atoms with Gasteiger partial charge in [-0.1, -0.05) is 36.9 Å². The van der Waals surface area contributed by atoms with E-state index in [1.54, 1.807) is 18.2 Å². The number of rotatable bonds is 5. The van der Waals surface area contributed by atoms with Crippen molar-refractivity contribution in [3.05, 3.63) is 82.9 Å². The number of piperidine rings is 1. The largest absolute Gasteiger partial charge is 0.414 e. The lowest BCUT2D eigenvalue weighted by atomic mass is 9.98. The monoisotopic (exact) mass is 471 g/mol. The highest BCUT2D eigenvalue weighted by molar-refractivity contribution is 6.06. The summed E-state index contributed by atoms with van der Waals surface area (Å²) in [5, 5.41) is 4.59. The molecule has 2 N–H and O–H groups in total. The zero-order valence-electron chi connectivity index (χ0n) is 17.8. The number of nitrogens with one attached hydrogen (secondary N) is 2. The van der Waals surface area contributed by atoms with Crippen LogP contribution in [0.15, 0.2) is 60.7 Å². The Kier molecular flexibility index (Phi) is 5.99. The minimum absolute atomic E-state index is 0.0406. The minimum Gasteiger partial charge on any atom is -0.341 e. The second-order valence-electron chi connectivity index (χ2n) is 8.11. The molecule has 1 fully saturated rings. The standard InChI is InChI=1S/C24H20F3N3O4/c1-13(24(25,26)27)20(14-5-3-2-4-6-14)29-21(32)15-7-8-17-16(11-15)12-30(23(17)34)18-9-10-19(31)28-22(18)33/h2-8,11,18,20H,1,9-10,12H2,(H,29,32)(H,28,31,33)/t18?,20-/m1/s1. The first-order valence-electron chi connectivity index (χ1n) is 10.5. The Balaban J connectivity index is 1.56. The highest BCUT2D eigenvalue weighted by atomic mass is 19.4. The molecular weight excluding hydrogens is 451 g/mol. The number of nitrogens with zero attached hydrogens (tertiary/aromatic N) is 1. The normalized spacial score (nSPS) is 18.9. The molecule has 0 radical (unpaired) electrons. The van der Waals surface area contributed by atoms with Crippen molar-refractivity contribution in [2.24, 2.45) is 0 Å². The smallest absolute Gasteiger partial charge is 0.341 e. The molecule has 0 aromatic heterocycles. The lowest BCUT2D eigenvalue weighted by Gasteiger charge is -2.29. The fourth-order valence-corrected chi connectivity index (χ4v) is 4.11. The summed E-state index contributed by atoms with van der Waals surface area (Å²) in [7, 11) is 0. The van der Waals surface area contributed by atoms with Crippen LogP contribution in [-0.4, -0.2) is 40.7 Å². The molecule has 2 heterocycles. The lowest BCUT2D eigenvalue weighted by molar-refractivity contribution is -0.136. The van der Waals surface area contributed by atoms with E-state index in [9.17, 15) is 32.3 Å². The third-order valence-electron chi connectivity index (χ3n) is 5.91. The Morgan fingerprint density at radius 1 is 1.12 bits per heavy atom. The summed E-state index contributed by atoms with van der Waals surface area (Å²) in [4.78, 5) is 50.6. The molecular formula is C24H20F3N3O4. The van der Waals surface area contributed by atoms with Crippen LogP contribution in [0.5, 0.6) is 0 Å². The number of hydrogen-bond acceptors (Lipinski definition) is 4. The highest BCUT2D eigenvalue weighted by Crippen LogP contribution is 2.35. The van der Waals surface area contributed by atoms with E-state index in [-0.39, 0.29) is 30.5 Å². The van der Waals surface area contributed by atoms with Gasteiger partial charge in [-0.25, -0.2) is 0 Å². The van der Waals surface area contributed by atoms with Gasteiger partial charge in [-0.05, 0) is 35.7 Å². The zero-order chi connectivity index (χ0) is 24.6. The van der Waals surface area contributed by atoms with Crippen molar-refractivity contribution < 1.29 is 32.3 Å². The SMILES string of the molecule is C=C([C@@H](NC(=O)c1ccc2c(c1)CN(C1CCC(=O)NC1=O)C2=O)c1ccccc1)C(F)(F)F. The van der Waals surface area contributed by atoms with Crippen LogP contribution >= 0.6 is 0 Å². The van der Waals surface area contributed by atoms with Gasteiger partial charge in [0, 0.05) is 24.1 Å². The average Bonchev–Trinajstić information content (AvgIpc) is 3.12. The summed E-state index contributed by atoms with van der Waals surface area (Å²) >= 11 is 0. The van der Waals surface area contributed by atoms with Gasteiger partial charge in [0.25, 0.3) is 11.8 Å². The van der Waals surface area contributed by atoms with E-state index in [1.807, 2.05) is 0 Å². The molecule has 34 heavy (non-hydrogen) atoms. The van der Waals surface area contributed by atoms with Crippen LogP contribution in [0.25, 0.3) is 0 Å². The summed E-state index contributed by atoms with van der Waals surface area (Å²) in [6.45, 7) is 3.18. The second kappa shape index (κ2) is 8.77. The van der Waals surface area contributed by atoms with Gasteiger partial charge >= 0.3 is 6.18 Å². The second-order valence-corrected chi connectivity index (χ2v) is 8.11. The molecule has 0 spiro atoms. The summed E-state index contributed by atoms with van der Waals surface area (Å²) in [5.41, 5.74) is -0.0765. The van der Waals surface area contributed by atoms with Crippen LogP contribution in [0.2, 0.25) is 0 Å². The summed E-state index contributed by atoms with van der Waals surface area (Å²) in [5.74, 6) is -2.15. The summed E-state index contributed by atoms with van der Waals surface area (Å²) in [6.07, 6.45) is -4.43. The van der Waals surface area contributed by atoms with Gasteiger partial charge in [-0.2, -0.15) is 13.2 Å². The molecule has 2 aliphatic rings. The number of alkyl halides is 3. The van der Waals surface area contributed by atoms with Crippen LogP contribution in [0, 0.1) is 0 Å². The molecule has 0 bridgehead atoms. The van der Waals surface area contributed by atoms with E-state index >= 15 is 0 Å². The summed E-state index contributed by atoms with van der Waals surface area (Å²) in [6, 6.07) is 9.55. The van der Waals surface area contributed by atoms with Crippen LogP contribution < -0.4 is 10.6 Å². The lowest BCUT2D eigenvalue weighted by Crippen LogP contribution is -2.52. The molecule has 1 unspecified atom stereocenters. The van der Waals surface area contributed by atoms with Crippen molar-refractivity contribution >= 4 is 23.6 Å². The number of carbonyl (C=O) groups is 4. The minimum atomic E-state index is -4.72. The van der Waals surface area contributed by atoms with Gasteiger partial charge in [-0.15, -0.1) is 0 Å². The molecule has 10 heteroatoms. The Labute approximate surface area is 192 Å². The van der Waals surface area contributed by atoms with Crippen LogP contribution in [0.4, 0.5) is 13.2 Å². The van der Waals surface area contributed by atoms with E-state index in [0.717, 1.165) is 0 Å². The average molecular weight is 471 g/mol. The first-order chi connectivity index (χ1) is 16.1. The number of halogens is 3. The van der Waals surface area contributed by atoms with Crippen molar-refractivity contribution in [3.8, 4) is 0 Å². The first kappa shape index (κ1) is 23.2. The molecule has 1 saturated heterocycles.